The Balaban J connectivity index is 1.66. The lowest BCUT2D eigenvalue weighted by atomic mass is 10.00. The summed E-state index contributed by atoms with van der Waals surface area (Å²) >= 11 is 0. The van der Waals surface area contributed by atoms with E-state index in [0.717, 1.165) is 40.5 Å². The van der Waals surface area contributed by atoms with E-state index in [2.05, 4.69) is 32.1 Å². The van der Waals surface area contributed by atoms with Crippen molar-refractivity contribution < 1.29 is 9.53 Å². The number of hydrogen-bond donors (Lipinski definition) is 2. The van der Waals surface area contributed by atoms with E-state index in [4.69, 9.17) is 10.00 Å². The van der Waals surface area contributed by atoms with E-state index in [1.54, 1.807) is 6.20 Å². The van der Waals surface area contributed by atoms with Crippen molar-refractivity contribution in [3.05, 3.63) is 30.7 Å². The SMILES string of the molecule is CC1CCC(OC(=O)NCC#N)CN1c1nccc2cnc3[nH]ccc3c12. The van der Waals surface area contributed by atoms with E-state index >= 15 is 0 Å². The van der Waals surface area contributed by atoms with Crippen LogP contribution in [-0.4, -0.2) is 46.3 Å². The van der Waals surface area contributed by atoms with Crippen molar-refractivity contribution in [3.8, 4) is 6.07 Å². The van der Waals surface area contributed by atoms with Crippen LogP contribution < -0.4 is 10.2 Å². The van der Waals surface area contributed by atoms with E-state index in [1.807, 2.05) is 30.6 Å². The van der Waals surface area contributed by atoms with Gasteiger partial charge in [0.05, 0.1) is 12.6 Å². The third kappa shape index (κ3) is 3.24. The van der Waals surface area contributed by atoms with Crippen LogP contribution in [-0.2, 0) is 4.74 Å². The molecule has 1 saturated heterocycles. The second-order valence-corrected chi connectivity index (χ2v) is 6.71. The molecule has 1 amide bonds. The number of pyridine rings is 2. The average Bonchev–Trinajstić information content (AvgIpc) is 3.16. The minimum absolute atomic E-state index is 0.0605. The number of rotatable bonds is 3. The molecule has 0 radical (unpaired) electrons. The van der Waals surface area contributed by atoms with Gasteiger partial charge in [0, 0.05) is 40.8 Å². The highest BCUT2D eigenvalue weighted by molar-refractivity contribution is 6.10. The van der Waals surface area contributed by atoms with Crippen LogP contribution in [0.4, 0.5) is 10.6 Å². The summed E-state index contributed by atoms with van der Waals surface area (Å²) in [7, 11) is 0. The molecule has 0 bridgehead atoms. The molecule has 138 valence electrons. The third-order valence-corrected chi connectivity index (χ3v) is 4.99. The lowest BCUT2D eigenvalue weighted by Gasteiger charge is -2.38. The number of aromatic amines is 1. The number of nitriles is 1. The first-order valence-electron chi connectivity index (χ1n) is 8.96. The lowest BCUT2D eigenvalue weighted by molar-refractivity contribution is 0.0846. The van der Waals surface area contributed by atoms with E-state index in [0.29, 0.717) is 6.54 Å². The molecule has 27 heavy (non-hydrogen) atoms. The average molecular weight is 364 g/mol. The van der Waals surface area contributed by atoms with Gasteiger partial charge in [-0.2, -0.15) is 5.26 Å². The zero-order valence-corrected chi connectivity index (χ0v) is 15.0. The van der Waals surface area contributed by atoms with Crippen LogP contribution >= 0.6 is 0 Å². The molecular formula is C19H20N6O2. The molecule has 1 aliphatic rings. The molecular weight excluding hydrogens is 344 g/mol. The van der Waals surface area contributed by atoms with Crippen molar-refractivity contribution in [2.24, 2.45) is 0 Å². The Hall–Kier alpha value is -3.34. The number of anilines is 1. The number of carbonyl (C=O) groups is 1. The maximum atomic E-state index is 11.8. The van der Waals surface area contributed by atoms with Crippen LogP contribution in [0.2, 0.25) is 0 Å². The molecule has 0 aliphatic carbocycles. The monoisotopic (exact) mass is 364 g/mol. The minimum Gasteiger partial charge on any atom is -0.444 e. The summed E-state index contributed by atoms with van der Waals surface area (Å²) in [6, 6.07) is 6.10. The fourth-order valence-electron chi connectivity index (χ4n) is 3.64. The Morgan fingerprint density at radius 2 is 2.33 bits per heavy atom. The van der Waals surface area contributed by atoms with Gasteiger partial charge in [-0.25, -0.2) is 14.8 Å². The van der Waals surface area contributed by atoms with Crippen molar-refractivity contribution in [1.82, 2.24) is 20.3 Å². The highest BCUT2D eigenvalue weighted by atomic mass is 16.6. The Labute approximate surface area is 156 Å². The summed E-state index contributed by atoms with van der Waals surface area (Å²) in [4.78, 5) is 26.3. The van der Waals surface area contributed by atoms with Crippen LogP contribution in [0.3, 0.4) is 0 Å². The molecule has 2 unspecified atom stereocenters. The summed E-state index contributed by atoms with van der Waals surface area (Å²) in [6.45, 7) is 2.65. The zero-order chi connectivity index (χ0) is 18.8. The predicted molar refractivity (Wildman–Crippen MR) is 101 cm³/mol. The van der Waals surface area contributed by atoms with Crippen molar-refractivity contribution in [2.45, 2.75) is 31.9 Å². The first-order chi connectivity index (χ1) is 13.2. The van der Waals surface area contributed by atoms with Gasteiger partial charge >= 0.3 is 6.09 Å². The van der Waals surface area contributed by atoms with Crippen molar-refractivity contribution in [2.75, 3.05) is 18.0 Å². The van der Waals surface area contributed by atoms with Gasteiger partial charge in [-0.1, -0.05) is 0 Å². The number of H-pyrrole nitrogens is 1. The normalized spacial score (nSPS) is 19.8. The number of amides is 1. The number of piperidine rings is 1. The molecule has 0 saturated carbocycles. The number of carbonyl (C=O) groups excluding carboxylic acids is 1. The maximum Gasteiger partial charge on any atom is 0.408 e. The topological polar surface area (TPSA) is 107 Å². The fourth-order valence-corrected chi connectivity index (χ4v) is 3.64. The molecule has 3 aromatic heterocycles. The Bertz CT molecular complexity index is 1020. The van der Waals surface area contributed by atoms with Gasteiger partial charge in [0.2, 0.25) is 0 Å². The third-order valence-electron chi connectivity index (χ3n) is 4.99. The number of alkyl carbamates (subject to hydrolysis) is 1. The smallest absolute Gasteiger partial charge is 0.408 e. The van der Waals surface area contributed by atoms with Gasteiger partial charge in [0.1, 0.15) is 24.1 Å². The molecule has 2 atom stereocenters. The molecule has 4 rings (SSSR count). The number of aromatic nitrogens is 3. The summed E-state index contributed by atoms with van der Waals surface area (Å²) in [5.74, 6) is 0.873. The summed E-state index contributed by atoms with van der Waals surface area (Å²) in [6.07, 6.45) is 6.36. The van der Waals surface area contributed by atoms with E-state index in [9.17, 15) is 4.79 Å². The van der Waals surface area contributed by atoms with E-state index in [1.165, 1.54) is 0 Å². The molecule has 8 heteroatoms. The van der Waals surface area contributed by atoms with Gasteiger partial charge < -0.3 is 19.9 Å². The Morgan fingerprint density at radius 1 is 1.44 bits per heavy atom. The Kier molecular flexibility index (Phi) is 4.50. The second-order valence-electron chi connectivity index (χ2n) is 6.71. The number of ether oxygens (including phenoxy) is 1. The van der Waals surface area contributed by atoms with Crippen LogP contribution in [0.25, 0.3) is 21.8 Å². The molecule has 1 fully saturated rings. The molecule has 4 heterocycles. The van der Waals surface area contributed by atoms with Gasteiger partial charge in [-0.05, 0) is 31.9 Å². The van der Waals surface area contributed by atoms with Crippen LogP contribution in [0.5, 0.6) is 0 Å². The van der Waals surface area contributed by atoms with Crippen LogP contribution in [0.1, 0.15) is 19.8 Å². The predicted octanol–water partition coefficient (Wildman–Crippen LogP) is 2.72. The quantitative estimate of drug-likeness (QED) is 0.692. The maximum absolute atomic E-state index is 11.8. The second kappa shape index (κ2) is 7.11. The van der Waals surface area contributed by atoms with Gasteiger partial charge in [-0.15, -0.1) is 0 Å². The zero-order valence-electron chi connectivity index (χ0n) is 15.0. The molecule has 2 N–H and O–H groups in total. The van der Waals surface area contributed by atoms with Gasteiger partial charge in [0.25, 0.3) is 0 Å². The highest BCUT2D eigenvalue weighted by Gasteiger charge is 2.30. The Morgan fingerprint density at radius 3 is 3.19 bits per heavy atom. The fraction of sp³-hybridized carbons (Fsp3) is 0.368. The lowest BCUT2D eigenvalue weighted by Crippen LogP contribution is -2.47. The number of nitrogens with zero attached hydrogens (tertiary/aromatic N) is 4. The highest BCUT2D eigenvalue weighted by Crippen LogP contribution is 2.34. The molecule has 3 aromatic rings. The van der Waals surface area contributed by atoms with Crippen LogP contribution in [0.15, 0.2) is 30.7 Å². The van der Waals surface area contributed by atoms with Gasteiger partial charge in [0.15, 0.2) is 0 Å². The minimum atomic E-state index is -0.556. The number of hydrogen-bond acceptors (Lipinski definition) is 6. The standard InChI is InChI=1S/C19H20N6O2/c1-12-2-3-14(27-19(26)23-9-6-20)11-25(12)18-16-13(4-7-22-18)10-24-17-15(16)5-8-21-17/h4-5,7-8,10,12,14H,2-3,9,11H2,1H3,(H,21,24)(H,23,26). The van der Waals surface area contributed by atoms with Crippen molar-refractivity contribution in [3.63, 3.8) is 0 Å². The summed E-state index contributed by atoms with van der Waals surface area (Å²) < 4.78 is 5.49. The number of fused-ring (bicyclic) bond motifs is 3. The molecule has 8 nitrogen and oxygen atoms in total. The van der Waals surface area contributed by atoms with Crippen LogP contribution in [0, 0.1) is 11.3 Å². The summed E-state index contributed by atoms with van der Waals surface area (Å²) in [5, 5.41) is 14.1. The number of nitrogens with one attached hydrogen (secondary N) is 2. The molecule has 1 aliphatic heterocycles. The summed E-state index contributed by atoms with van der Waals surface area (Å²) in [5.41, 5.74) is 0.824. The van der Waals surface area contributed by atoms with E-state index < -0.39 is 6.09 Å². The molecule has 0 spiro atoms. The first-order valence-corrected chi connectivity index (χ1v) is 8.96. The largest absolute Gasteiger partial charge is 0.444 e. The molecule has 0 aromatic carbocycles. The van der Waals surface area contributed by atoms with Gasteiger partial charge in [-0.3, -0.25) is 0 Å². The van der Waals surface area contributed by atoms with E-state index in [-0.39, 0.29) is 18.7 Å². The first kappa shape index (κ1) is 17.1. The van der Waals surface area contributed by atoms with Crippen molar-refractivity contribution >= 4 is 33.7 Å². The van der Waals surface area contributed by atoms with Crippen molar-refractivity contribution in [1.29, 1.82) is 5.26 Å².